The molecule has 1 aliphatic rings. The second kappa shape index (κ2) is 9.75. The van der Waals surface area contributed by atoms with Crippen molar-refractivity contribution in [2.24, 2.45) is 0 Å². The van der Waals surface area contributed by atoms with Crippen molar-refractivity contribution in [3.05, 3.63) is 54.1 Å². The van der Waals surface area contributed by atoms with Crippen molar-refractivity contribution in [1.82, 2.24) is 14.8 Å². The van der Waals surface area contributed by atoms with Crippen LogP contribution in [-0.4, -0.2) is 50.7 Å². The monoisotopic (exact) mass is 429 g/mol. The van der Waals surface area contributed by atoms with Crippen molar-refractivity contribution < 1.29 is 27.8 Å². The minimum Gasteiger partial charge on any atom is -0.390 e. The maximum absolute atomic E-state index is 12.6. The van der Waals surface area contributed by atoms with E-state index in [9.17, 15) is 18.3 Å². The van der Waals surface area contributed by atoms with Crippen LogP contribution in [0.25, 0.3) is 6.08 Å². The van der Waals surface area contributed by atoms with E-state index in [0.29, 0.717) is 25.2 Å². The van der Waals surface area contributed by atoms with E-state index < -0.39 is 24.1 Å². The molecule has 2 aromatic rings. The van der Waals surface area contributed by atoms with Gasteiger partial charge in [0.25, 0.3) is 0 Å². The second-order valence-corrected chi connectivity index (χ2v) is 7.94. The Hall–Kier alpha value is -1.88. The van der Waals surface area contributed by atoms with Crippen molar-refractivity contribution in [1.29, 1.82) is 0 Å². The van der Waals surface area contributed by atoms with E-state index in [1.807, 2.05) is 6.92 Å². The minimum absolute atomic E-state index is 0.00104. The van der Waals surface area contributed by atoms with Gasteiger partial charge in [-0.15, -0.1) is 11.8 Å². The Morgan fingerprint density at radius 3 is 2.52 bits per heavy atom. The highest BCUT2D eigenvalue weighted by Gasteiger charge is 2.30. The van der Waals surface area contributed by atoms with E-state index in [0.717, 1.165) is 12.1 Å². The predicted molar refractivity (Wildman–Crippen MR) is 103 cm³/mol. The van der Waals surface area contributed by atoms with Gasteiger partial charge in [-0.3, -0.25) is 0 Å². The summed E-state index contributed by atoms with van der Waals surface area (Å²) < 4.78 is 50.8. The highest BCUT2D eigenvalue weighted by molar-refractivity contribution is 8.00. The number of aromatic nitrogens is 3. The standard InChI is InChI=1S/C19H22F3N3O3S/c1-2-16(26)18(25-12-23-11-24-25)29-15-9-27-17(28-10-15)8-5-13-3-6-14(7-4-13)19(20,21)22/h3-8,11-12,15-18,26H,2,9-10H2,1H3. The topological polar surface area (TPSA) is 69.4 Å². The quantitative estimate of drug-likeness (QED) is 0.723. The molecular weight excluding hydrogens is 407 g/mol. The van der Waals surface area contributed by atoms with E-state index >= 15 is 0 Å². The van der Waals surface area contributed by atoms with E-state index in [1.165, 1.54) is 30.2 Å². The number of benzene rings is 1. The lowest BCUT2D eigenvalue weighted by molar-refractivity contribution is -0.146. The molecule has 2 atom stereocenters. The molecule has 3 rings (SSSR count). The fourth-order valence-corrected chi connectivity index (χ4v) is 4.06. The normalized spacial score (nSPS) is 22.7. The smallest absolute Gasteiger partial charge is 0.390 e. The second-order valence-electron chi connectivity index (χ2n) is 6.51. The number of hydrogen-bond acceptors (Lipinski definition) is 6. The Bertz CT molecular complexity index is 776. The van der Waals surface area contributed by atoms with Gasteiger partial charge < -0.3 is 14.6 Å². The van der Waals surface area contributed by atoms with Gasteiger partial charge >= 0.3 is 6.18 Å². The third kappa shape index (κ3) is 6.05. The van der Waals surface area contributed by atoms with E-state index in [-0.39, 0.29) is 10.6 Å². The first-order valence-corrected chi connectivity index (χ1v) is 10.1. The zero-order chi connectivity index (χ0) is 20.9. The van der Waals surface area contributed by atoms with Crippen LogP contribution in [0, 0.1) is 0 Å². The molecule has 2 heterocycles. The predicted octanol–water partition coefficient (Wildman–Crippen LogP) is 3.75. The highest BCUT2D eigenvalue weighted by Crippen LogP contribution is 2.33. The number of aliphatic hydroxyl groups excluding tert-OH is 1. The Morgan fingerprint density at radius 1 is 1.28 bits per heavy atom. The van der Waals surface area contributed by atoms with E-state index in [1.54, 1.807) is 23.2 Å². The molecule has 1 fully saturated rings. The van der Waals surface area contributed by atoms with Gasteiger partial charge in [-0.25, -0.2) is 9.67 Å². The maximum atomic E-state index is 12.6. The summed E-state index contributed by atoms with van der Waals surface area (Å²) in [6.45, 7) is 2.72. The van der Waals surface area contributed by atoms with Crippen LogP contribution in [0.3, 0.4) is 0 Å². The molecule has 0 saturated carbocycles. The molecule has 0 bridgehead atoms. The van der Waals surface area contributed by atoms with Crippen LogP contribution in [0.15, 0.2) is 43.0 Å². The summed E-state index contributed by atoms with van der Waals surface area (Å²) in [4.78, 5) is 3.93. The number of aliphatic hydroxyl groups is 1. The number of hydrogen-bond donors (Lipinski definition) is 1. The molecule has 6 nitrogen and oxygen atoms in total. The Labute approximate surface area is 170 Å². The van der Waals surface area contributed by atoms with Gasteiger partial charge in [0.1, 0.15) is 18.0 Å². The van der Waals surface area contributed by atoms with Crippen molar-refractivity contribution in [3.63, 3.8) is 0 Å². The van der Waals surface area contributed by atoms with Crippen LogP contribution in [0.1, 0.15) is 29.8 Å². The molecule has 1 aromatic carbocycles. The largest absolute Gasteiger partial charge is 0.416 e. The number of thioether (sulfide) groups is 1. The van der Waals surface area contributed by atoms with Crippen LogP contribution >= 0.6 is 11.8 Å². The lowest BCUT2D eigenvalue weighted by Gasteiger charge is -2.31. The average Bonchev–Trinajstić information content (AvgIpc) is 3.25. The zero-order valence-electron chi connectivity index (χ0n) is 15.7. The van der Waals surface area contributed by atoms with Crippen molar-refractivity contribution in [2.45, 2.75) is 42.5 Å². The molecule has 1 aromatic heterocycles. The van der Waals surface area contributed by atoms with Gasteiger partial charge in [0.2, 0.25) is 0 Å². The average molecular weight is 429 g/mol. The summed E-state index contributed by atoms with van der Waals surface area (Å²) in [6.07, 6.45) is 1.39. The lowest BCUT2D eigenvalue weighted by Crippen LogP contribution is -2.35. The fraction of sp³-hybridized carbons (Fsp3) is 0.474. The van der Waals surface area contributed by atoms with E-state index in [2.05, 4.69) is 10.1 Å². The van der Waals surface area contributed by atoms with Gasteiger partial charge in [0, 0.05) is 0 Å². The summed E-state index contributed by atoms with van der Waals surface area (Å²) in [5, 5.41) is 14.1. The molecule has 0 aliphatic carbocycles. The summed E-state index contributed by atoms with van der Waals surface area (Å²) in [5.41, 5.74) is -0.0603. The van der Waals surface area contributed by atoms with Crippen molar-refractivity contribution in [2.75, 3.05) is 13.2 Å². The number of nitrogens with zero attached hydrogens (tertiary/aromatic N) is 3. The maximum Gasteiger partial charge on any atom is 0.416 e. The summed E-state index contributed by atoms with van der Waals surface area (Å²) in [5.74, 6) is 0. The molecule has 10 heteroatoms. The molecule has 1 N–H and O–H groups in total. The molecule has 1 aliphatic heterocycles. The molecule has 0 spiro atoms. The first-order chi connectivity index (χ1) is 13.9. The van der Waals surface area contributed by atoms with Crippen LogP contribution < -0.4 is 0 Å². The minimum atomic E-state index is -4.35. The Balaban J connectivity index is 1.51. The molecule has 0 radical (unpaired) electrons. The van der Waals surface area contributed by atoms with Crippen LogP contribution in [-0.2, 0) is 15.7 Å². The number of rotatable bonds is 7. The molecule has 0 amide bonds. The zero-order valence-corrected chi connectivity index (χ0v) is 16.5. The van der Waals surface area contributed by atoms with Crippen LogP contribution in [0.2, 0.25) is 0 Å². The third-order valence-electron chi connectivity index (χ3n) is 4.35. The summed E-state index contributed by atoms with van der Waals surface area (Å²) in [7, 11) is 0. The summed E-state index contributed by atoms with van der Waals surface area (Å²) in [6, 6.07) is 4.88. The first kappa shape index (κ1) is 21.8. The van der Waals surface area contributed by atoms with Gasteiger partial charge in [0.15, 0.2) is 6.29 Å². The van der Waals surface area contributed by atoms with Gasteiger partial charge in [-0.05, 0) is 30.2 Å². The highest BCUT2D eigenvalue weighted by atomic mass is 32.2. The number of halogens is 3. The lowest BCUT2D eigenvalue weighted by atomic mass is 10.1. The fourth-order valence-electron chi connectivity index (χ4n) is 2.74. The van der Waals surface area contributed by atoms with E-state index in [4.69, 9.17) is 9.47 Å². The van der Waals surface area contributed by atoms with Crippen LogP contribution in [0.5, 0.6) is 0 Å². The van der Waals surface area contributed by atoms with Gasteiger partial charge in [-0.2, -0.15) is 18.3 Å². The summed E-state index contributed by atoms with van der Waals surface area (Å²) >= 11 is 1.51. The third-order valence-corrected chi connectivity index (χ3v) is 5.82. The Morgan fingerprint density at radius 2 is 1.97 bits per heavy atom. The first-order valence-electron chi connectivity index (χ1n) is 9.13. The Kier molecular flexibility index (Phi) is 7.33. The molecule has 2 unspecified atom stereocenters. The van der Waals surface area contributed by atoms with Crippen molar-refractivity contribution >= 4 is 17.8 Å². The van der Waals surface area contributed by atoms with Crippen molar-refractivity contribution in [3.8, 4) is 0 Å². The van der Waals surface area contributed by atoms with Gasteiger partial charge in [0.05, 0.1) is 30.1 Å². The number of ether oxygens (including phenoxy) is 2. The molecule has 158 valence electrons. The SMILES string of the molecule is CCC(O)C(SC1COC(C=Cc2ccc(C(F)(F)F)cc2)OC1)n1cncn1. The van der Waals surface area contributed by atoms with Crippen LogP contribution in [0.4, 0.5) is 13.2 Å². The van der Waals surface area contributed by atoms with Gasteiger partial charge in [-0.1, -0.05) is 25.1 Å². The molecular formula is C19H22F3N3O3S. The molecule has 1 saturated heterocycles. The molecule has 29 heavy (non-hydrogen) atoms. The number of alkyl halides is 3.